The molecule has 0 atom stereocenters. The number of hydrogen-bond acceptors (Lipinski definition) is 5. The van der Waals surface area contributed by atoms with Crippen molar-refractivity contribution < 1.29 is 29.3 Å². The summed E-state index contributed by atoms with van der Waals surface area (Å²) in [5.41, 5.74) is 3.94. The highest BCUT2D eigenvalue weighted by Crippen LogP contribution is 2.31. The molecule has 4 rings (SSSR count). The maximum atomic E-state index is 13.0. The molecule has 3 aromatic carbocycles. The third kappa shape index (κ3) is 9.26. The molecule has 0 aliphatic heterocycles. The van der Waals surface area contributed by atoms with Crippen molar-refractivity contribution in [3.63, 3.8) is 0 Å². The van der Waals surface area contributed by atoms with Crippen LogP contribution in [0.2, 0.25) is 0 Å². The molecule has 0 saturated heterocycles. The molecule has 0 bridgehead atoms. The Morgan fingerprint density at radius 1 is 0.857 bits per heavy atom. The number of nitrogens with zero attached hydrogens (tertiary/aromatic N) is 1. The number of aromatic hydroxyl groups is 1. The zero-order valence-electron chi connectivity index (χ0n) is 25.0. The normalized spacial score (nSPS) is 13.9. The summed E-state index contributed by atoms with van der Waals surface area (Å²) in [5, 5.41) is 19.6. The van der Waals surface area contributed by atoms with Gasteiger partial charge < -0.3 is 24.6 Å². The van der Waals surface area contributed by atoms with E-state index in [9.17, 15) is 19.8 Å². The molecule has 7 nitrogen and oxygen atoms in total. The smallest absolute Gasteiger partial charge is 0.410 e. The predicted octanol–water partition coefficient (Wildman–Crippen LogP) is 7.42. The molecule has 1 aliphatic carbocycles. The minimum Gasteiger partial charge on any atom is -0.508 e. The first kappa shape index (κ1) is 30.9. The summed E-state index contributed by atoms with van der Waals surface area (Å²) in [6.45, 7) is 6.46. The first-order valence-electron chi connectivity index (χ1n) is 14.9. The van der Waals surface area contributed by atoms with Gasteiger partial charge in [0, 0.05) is 18.7 Å². The lowest BCUT2D eigenvalue weighted by Crippen LogP contribution is -2.39. The average molecular weight is 574 g/mol. The number of para-hydroxylation sites is 1. The number of carboxylic acids is 1. The van der Waals surface area contributed by atoms with E-state index in [0.717, 1.165) is 47.9 Å². The molecule has 224 valence electrons. The number of phenols is 1. The van der Waals surface area contributed by atoms with E-state index in [2.05, 4.69) is 12.1 Å². The molecule has 0 spiro atoms. The second-order valence-electron chi connectivity index (χ2n) is 12.1. The molecule has 1 aliphatic rings. The van der Waals surface area contributed by atoms with E-state index >= 15 is 0 Å². The number of hydrogen-bond donors (Lipinski definition) is 2. The van der Waals surface area contributed by atoms with Crippen molar-refractivity contribution in [2.75, 3.05) is 13.1 Å². The highest BCUT2D eigenvalue weighted by atomic mass is 16.6. The molecular weight excluding hydrogens is 530 g/mol. The zero-order chi connectivity index (χ0) is 30.1. The lowest BCUT2D eigenvalue weighted by molar-refractivity contribution is -0.136. The van der Waals surface area contributed by atoms with E-state index in [0.29, 0.717) is 37.2 Å². The molecular formula is C35H43NO6. The molecule has 1 fully saturated rings. The Labute approximate surface area is 249 Å². The highest BCUT2D eigenvalue weighted by Gasteiger charge is 2.22. The summed E-state index contributed by atoms with van der Waals surface area (Å²) in [4.78, 5) is 26.1. The van der Waals surface area contributed by atoms with Gasteiger partial charge in [-0.05, 0) is 93.7 Å². The molecule has 7 heteroatoms. The number of ether oxygens (including phenoxy) is 2. The Morgan fingerprint density at radius 2 is 1.52 bits per heavy atom. The van der Waals surface area contributed by atoms with E-state index in [1.165, 1.54) is 6.42 Å². The summed E-state index contributed by atoms with van der Waals surface area (Å²) in [7, 11) is 0. The van der Waals surface area contributed by atoms with Crippen LogP contribution in [0.4, 0.5) is 4.79 Å². The van der Waals surface area contributed by atoms with Gasteiger partial charge in [-0.1, -0.05) is 61.0 Å². The van der Waals surface area contributed by atoms with Crippen LogP contribution >= 0.6 is 0 Å². The second kappa shape index (κ2) is 14.3. The van der Waals surface area contributed by atoms with Gasteiger partial charge in [-0.2, -0.15) is 0 Å². The number of carboxylic acid groups (broad SMARTS) is 1. The number of phenolic OH excluding ortho intramolecular Hbond substituents is 1. The largest absolute Gasteiger partial charge is 0.508 e. The lowest BCUT2D eigenvalue weighted by atomic mass is 9.97. The fourth-order valence-electron chi connectivity index (χ4n) is 5.24. The first-order chi connectivity index (χ1) is 20.1. The van der Waals surface area contributed by atoms with Crippen LogP contribution in [-0.4, -0.2) is 52.0 Å². The SMILES string of the molecule is CC(C)(C)OC(=O)N(CCc1ccc(-c2ccc(CC(=O)O)c(OC3CCCCC3)c2)cc1)CCc1ccccc1O. The maximum absolute atomic E-state index is 13.0. The number of carbonyl (C=O) groups excluding carboxylic acids is 1. The van der Waals surface area contributed by atoms with Crippen molar-refractivity contribution in [1.82, 2.24) is 4.90 Å². The number of benzene rings is 3. The van der Waals surface area contributed by atoms with Crippen LogP contribution in [0.25, 0.3) is 11.1 Å². The van der Waals surface area contributed by atoms with E-state index in [1.807, 2.05) is 63.2 Å². The van der Waals surface area contributed by atoms with Gasteiger partial charge in [0.2, 0.25) is 0 Å². The van der Waals surface area contributed by atoms with Crippen molar-refractivity contribution in [3.05, 3.63) is 83.4 Å². The summed E-state index contributed by atoms with van der Waals surface area (Å²) in [6.07, 6.45) is 6.35. The van der Waals surface area contributed by atoms with Crippen molar-refractivity contribution >= 4 is 12.1 Å². The van der Waals surface area contributed by atoms with Crippen LogP contribution in [0.1, 0.15) is 69.6 Å². The van der Waals surface area contributed by atoms with E-state index in [4.69, 9.17) is 9.47 Å². The number of rotatable bonds is 11. The quantitative estimate of drug-likeness (QED) is 0.248. The van der Waals surface area contributed by atoms with E-state index < -0.39 is 11.6 Å². The van der Waals surface area contributed by atoms with Gasteiger partial charge in [-0.3, -0.25) is 4.79 Å². The predicted molar refractivity (Wildman–Crippen MR) is 164 cm³/mol. The molecule has 0 heterocycles. The Balaban J connectivity index is 1.45. The molecule has 3 aromatic rings. The third-order valence-corrected chi connectivity index (χ3v) is 7.51. The Hall–Kier alpha value is -4.00. The Kier molecular flexibility index (Phi) is 10.5. The number of aliphatic carboxylic acids is 1. The standard InChI is InChI=1S/C35H43NO6/c1-35(2,3)42-34(40)36(22-20-27-9-7-8-12-31(27)37)21-19-25-13-15-26(16-14-25)28-17-18-29(24-33(38)39)32(23-28)41-30-10-5-4-6-11-30/h7-9,12-18,23,30,37H,4-6,10-11,19-22,24H2,1-3H3,(H,38,39). The molecule has 2 N–H and O–H groups in total. The Morgan fingerprint density at radius 3 is 2.19 bits per heavy atom. The van der Waals surface area contributed by atoms with E-state index in [-0.39, 0.29) is 24.4 Å². The van der Waals surface area contributed by atoms with Gasteiger partial charge in [-0.25, -0.2) is 4.79 Å². The van der Waals surface area contributed by atoms with Gasteiger partial charge in [0.05, 0.1) is 12.5 Å². The molecule has 0 unspecified atom stereocenters. The average Bonchev–Trinajstić information content (AvgIpc) is 2.94. The van der Waals surface area contributed by atoms with Crippen LogP contribution in [0.15, 0.2) is 66.7 Å². The van der Waals surface area contributed by atoms with Crippen LogP contribution in [0.3, 0.4) is 0 Å². The fraction of sp³-hybridized carbons (Fsp3) is 0.429. The summed E-state index contributed by atoms with van der Waals surface area (Å²) < 4.78 is 12.0. The van der Waals surface area contributed by atoms with Gasteiger partial charge >= 0.3 is 12.1 Å². The van der Waals surface area contributed by atoms with Crippen molar-refractivity contribution in [3.8, 4) is 22.6 Å². The minimum absolute atomic E-state index is 0.0701. The van der Waals surface area contributed by atoms with E-state index in [1.54, 1.807) is 17.0 Å². The van der Waals surface area contributed by atoms with Gasteiger partial charge in [0.15, 0.2) is 0 Å². The zero-order valence-corrected chi connectivity index (χ0v) is 25.0. The topological polar surface area (TPSA) is 96.3 Å². The van der Waals surface area contributed by atoms with Crippen molar-refractivity contribution in [2.45, 2.75) is 83.8 Å². The fourth-order valence-corrected chi connectivity index (χ4v) is 5.24. The summed E-state index contributed by atoms with van der Waals surface area (Å²) in [6, 6.07) is 21.1. The number of amides is 1. The van der Waals surface area contributed by atoms with Gasteiger partial charge in [-0.15, -0.1) is 0 Å². The van der Waals surface area contributed by atoms with Crippen molar-refractivity contribution in [2.24, 2.45) is 0 Å². The Bertz CT molecular complexity index is 1340. The van der Waals surface area contributed by atoms with Crippen LogP contribution < -0.4 is 4.74 Å². The molecule has 1 amide bonds. The highest BCUT2D eigenvalue weighted by molar-refractivity contribution is 5.73. The minimum atomic E-state index is -0.874. The second-order valence-corrected chi connectivity index (χ2v) is 12.1. The van der Waals surface area contributed by atoms with Gasteiger partial charge in [0.1, 0.15) is 17.1 Å². The van der Waals surface area contributed by atoms with Crippen LogP contribution in [-0.2, 0) is 28.8 Å². The monoisotopic (exact) mass is 573 g/mol. The van der Waals surface area contributed by atoms with Crippen LogP contribution in [0, 0.1) is 0 Å². The molecule has 0 radical (unpaired) electrons. The molecule has 1 saturated carbocycles. The molecule has 42 heavy (non-hydrogen) atoms. The molecule has 0 aromatic heterocycles. The maximum Gasteiger partial charge on any atom is 0.410 e. The summed E-state index contributed by atoms with van der Waals surface area (Å²) >= 11 is 0. The van der Waals surface area contributed by atoms with Gasteiger partial charge in [0.25, 0.3) is 0 Å². The lowest BCUT2D eigenvalue weighted by Gasteiger charge is -2.27. The first-order valence-corrected chi connectivity index (χ1v) is 14.9. The van der Waals surface area contributed by atoms with Crippen molar-refractivity contribution in [1.29, 1.82) is 0 Å². The number of carbonyl (C=O) groups is 2. The van der Waals surface area contributed by atoms with Crippen LogP contribution in [0.5, 0.6) is 11.5 Å². The summed E-state index contributed by atoms with van der Waals surface area (Å²) in [5.74, 6) is 0.00504. The third-order valence-electron chi connectivity index (χ3n) is 7.51.